The summed E-state index contributed by atoms with van der Waals surface area (Å²) in [5.41, 5.74) is 6.71. The Balaban J connectivity index is 2.93. The van der Waals surface area contributed by atoms with E-state index in [1.165, 1.54) is 0 Å². The molecule has 0 aromatic heterocycles. The Hall–Kier alpha value is -2.04. The van der Waals surface area contributed by atoms with Crippen molar-refractivity contribution in [1.29, 1.82) is 0 Å². The van der Waals surface area contributed by atoms with Crippen LogP contribution in [0, 0.1) is 6.92 Å². The number of phenols is 1. The van der Waals surface area contributed by atoms with Crippen LogP contribution in [0.4, 0.5) is 0 Å². The number of nitrogens with zero attached hydrogens (tertiary/aromatic N) is 1. The van der Waals surface area contributed by atoms with Crippen molar-refractivity contribution >= 4 is 12.1 Å². The lowest BCUT2D eigenvalue weighted by molar-refractivity contribution is -0.116. The highest BCUT2D eigenvalue weighted by Gasteiger charge is 2.05. The molecular weight excluding hydrogens is 206 g/mol. The average Bonchev–Trinajstić information content (AvgIpc) is 2.22. The van der Waals surface area contributed by atoms with Crippen molar-refractivity contribution < 1.29 is 15.3 Å². The van der Waals surface area contributed by atoms with E-state index >= 15 is 0 Å². The second-order valence-corrected chi connectivity index (χ2v) is 3.41. The third kappa shape index (κ3) is 2.98. The van der Waals surface area contributed by atoms with Crippen molar-refractivity contribution in [2.75, 3.05) is 13.7 Å². The predicted octanol–water partition coefficient (Wildman–Crippen LogP) is -0.756. The molecule has 0 saturated heterocycles. The minimum Gasteiger partial charge on any atom is -0.508 e. The van der Waals surface area contributed by atoms with Crippen LogP contribution in [-0.2, 0) is 0 Å². The van der Waals surface area contributed by atoms with E-state index in [1.807, 2.05) is 0 Å². The van der Waals surface area contributed by atoms with E-state index in [0.29, 0.717) is 11.3 Å². The summed E-state index contributed by atoms with van der Waals surface area (Å²) in [5, 5.41) is 14.9. The van der Waals surface area contributed by atoms with Crippen molar-refractivity contribution in [3.8, 4) is 11.5 Å². The molecule has 0 unspecified atom stereocenters. The van der Waals surface area contributed by atoms with Gasteiger partial charge in [-0.25, -0.2) is 0 Å². The molecule has 5 nitrogen and oxygen atoms in total. The van der Waals surface area contributed by atoms with E-state index in [4.69, 9.17) is 15.9 Å². The quantitative estimate of drug-likeness (QED) is 0.462. The Morgan fingerprint density at radius 1 is 1.62 bits per heavy atom. The Labute approximate surface area is 94.1 Å². The second kappa shape index (κ2) is 5.16. The van der Waals surface area contributed by atoms with Crippen LogP contribution in [-0.4, -0.2) is 30.8 Å². The zero-order chi connectivity index (χ0) is 12.1. The van der Waals surface area contributed by atoms with Crippen molar-refractivity contribution in [1.82, 2.24) is 0 Å². The average molecular weight is 222 g/mol. The SMILES string of the molecule is COc1cc(C=NCC(N)=[NH2+])cc(O)c1C. The number of rotatable bonds is 4. The van der Waals surface area contributed by atoms with E-state index in [0.717, 1.165) is 5.56 Å². The Morgan fingerprint density at radius 3 is 2.88 bits per heavy atom. The van der Waals surface area contributed by atoms with Crippen molar-refractivity contribution in [3.05, 3.63) is 23.3 Å². The first-order chi connectivity index (χ1) is 7.54. The van der Waals surface area contributed by atoms with E-state index in [9.17, 15) is 5.11 Å². The molecule has 0 heterocycles. The highest BCUT2D eigenvalue weighted by molar-refractivity contribution is 5.84. The van der Waals surface area contributed by atoms with Gasteiger partial charge in [0.25, 0.3) is 5.84 Å². The highest BCUT2D eigenvalue weighted by Crippen LogP contribution is 2.27. The summed E-state index contributed by atoms with van der Waals surface area (Å²) in [4.78, 5) is 4.01. The van der Waals surface area contributed by atoms with Crippen LogP contribution in [0.5, 0.6) is 11.5 Å². The van der Waals surface area contributed by atoms with Gasteiger partial charge in [0.15, 0.2) is 0 Å². The van der Waals surface area contributed by atoms with E-state index in [-0.39, 0.29) is 18.1 Å². The Morgan fingerprint density at radius 2 is 2.31 bits per heavy atom. The highest BCUT2D eigenvalue weighted by atomic mass is 16.5. The van der Waals surface area contributed by atoms with Crippen molar-refractivity contribution in [2.24, 2.45) is 10.7 Å². The summed E-state index contributed by atoms with van der Waals surface area (Å²) in [7, 11) is 1.55. The van der Waals surface area contributed by atoms with Crippen LogP contribution in [0.2, 0.25) is 0 Å². The van der Waals surface area contributed by atoms with Crippen LogP contribution in [0.1, 0.15) is 11.1 Å². The largest absolute Gasteiger partial charge is 0.508 e. The topological polar surface area (TPSA) is 93.4 Å². The van der Waals surface area contributed by atoms with Gasteiger partial charge in [0, 0.05) is 11.8 Å². The van der Waals surface area contributed by atoms with Gasteiger partial charge in [-0.05, 0) is 24.6 Å². The van der Waals surface area contributed by atoms with Crippen LogP contribution < -0.4 is 15.9 Å². The van der Waals surface area contributed by atoms with Gasteiger partial charge in [-0.2, -0.15) is 0 Å². The molecule has 0 bridgehead atoms. The van der Waals surface area contributed by atoms with Crippen molar-refractivity contribution in [3.63, 3.8) is 0 Å². The zero-order valence-electron chi connectivity index (χ0n) is 9.40. The molecule has 0 radical (unpaired) electrons. The molecule has 0 aliphatic heterocycles. The zero-order valence-corrected chi connectivity index (χ0v) is 9.40. The summed E-state index contributed by atoms with van der Waals surface area (Å²) in [5.74, 6) is 1.04. The maximum absolute atomic E-state index is 9.62. The molecule has 1 aromatic carbocycles. The monoisotopic (exact) mass is 222 g/mol. The maximum Gasteiger partial charge on any atom is 0.260 e. The smallest absolute Gasteiger partial charge is 0.260 e. The molecule has 86 valence electrons. The molecule has 0 fully saturated rings. The predicted molar refractivity (Wildman–Crippen MR) is 63.0 cm³/mol. The van der Waals surface area contributed by atoms with Gasteiger partial charge in [-0.3, -0.25) is 16.1 Å². The molecule has 1 rings (SSSR count). The van der Waals surface area contributed by atoms with Gasteiger partial charge in [0.1, 0.15) is 18.0 Å². The number of aliphatic imine (C=N–C) groups is 1. The summed E-state index contributed by atoms with van der Waals surface area (Å²) in [6.45, 7) is 2.04. The molecule has 0 aliphatic carbocycles. The summed E-state index contributed by atoms with van der Waals surface area (Å²) in [6.07, 6.45) is 1.58. The molecule has 16 heavy (non-hydrogen) atoms. The summed E-state index contributed by atoms with van der Waals surface area (Å²) in [6, 6.07) is 3.39. The van der Waals surface area contributed by atoms with Crippen LogP contribution >= 0.6 is 0 Å². The number of nitrogens with two attached hydrogens (primary N) is 2. The molecule has 0 aliphatic rings. The molecule has 5 heteroatoms. The lowest BCUT2D eigenvalue weighted by Gasteiger charge is -2.07. The maximum atomic E-state index is 9.62. The molecular formula is C11H16N3O2+. The first-order valence-electron chi connectivity index (χ1n) is 4.78. The van der Waals surface area contributed by atoms with E-state index in [2.05, 4.69) is 4.99 Å². The number of hydrogen-bond acceptors (Lipinski definition) is 3. The minimum atomic E-state index is 0.172. The fourth-order valence-corrected chi connectivity index (χ4v) is 1.24. The fraction of sp³-hybridized carbons (Fsp3) is 0.273. The van der Waals surface area contributed by atoms with E-state index in [1.54, 1.807) is 32.4 Å². The molecule has 1 aromatic rings. The van der Waals surface area contributed by atoms with Crippen LogP contribution in [0.25, 0.3) is 0 Å². The number of phenolic OH excluding ortho intramolecular Hbond substituents is 1. The van der Waals surface area contributed by atoms with E-state index < -0.39 is 0 Å². The van der Waals surface area contributed by atoms with Gasteiger partial charge in [-0.15, -0.1) is 0 Å². The fourth-order valence-electron chi connectivity index (χ4n) is 1.24. The Kier molecular flexibility index (Phi) is 3.88. The lowest BCUT2D eigenvalue weighted by atomic mass is 10.1. The third-order valence-corrected chi connectivity index (χ3v) is 2.09. The number of ether oxygens (including phenoxy) is 1. The lowest BCUT2D eigenvalue weighted by Crippen LogP contribution is -2.47. The summed E-state index contributed by atoms with van der Waals surface area (Å²) < 4.78 is 5.12. The minimum absolute atomic E-state index is 0.172. The normalized spacial score (nSPS) is 10.6. The molecule has 0 spiro atoms. The second-order valence-electron chi connectivity index (χ2n) is 3.41. The molecule has 0 atom stereocenters. The van der Waals surface area contributed by atoms with Gasteiger partial charge < -0.3 is 9.84 Å². The van der Waals surface area contributed by atoms with Gasteiger partial charge in [0.2, 0.25) is 0 Å². The van der Waals surface area contributed by atoms with Crippen LogP contribution in [0.15, 0.2) is 17.1 Å². The van der Waals surface area contributed by atoms with Gasteiger partial charge in [-0.1, -0.05) is 0 Å². The number of hydrogen-bond donors (Lipinski definition) is 3. The number of methoxy groups -OCH3 is 1. The van der Waals surface area contributed by atoms with Crippen LogP contribution in [0.3, 0.4) is 0 Å². The summed E-state index contributed by atoms with van der Waals surface area (Å²) >= 11 is 0. The number of amidine groups is 1. The Bertz CT molecular complexity index is 427. The molecule has 0 saturated carbocycles. The molecule has 5 N–H and O–H groups in total. The van der Waals surface area contributed by atoms with Gasteiger partial charge in [0.05, 0.1) is 7.11 Å². The first-order valence-corrected chi connectivity index (χ1v) is 4.78. The standard InChI is InChI=1S/C11H15N3O2/c1-7-9(15)3-8(4-10(7)16-2)5-14-6-11(12)13/h3-5,15H,6H2,1-2H3,(H3,12,13)/p+1. The van der Waals surface area contributed by atoms with Crippen molar-refractivity contribution in [2.45, 2.75) is 6.92 Å². The third-order valence-electron chi connectivity index (χ3n) is 2.09. The molecule has 0 amide bonds. The number of benzene rings is 1. The van der Waals surface area contributed by atoms with Gasteiger partial charge >= 0.3 is 0 Å². The first kappa shape index (κ1) is 12.0. The number of aromatic hydroxyl groups is 1.